The van der Waals surface area contributed by atoms with Crippen molar-refractivity contribution in [2.75, 3.05) is 31.5 Å². The van der Waals surface area contributed by atoms with E-state index >= 15 is 0 Å². The molecule has 5 nitrogen and oxygen atoms in total. The average molecular weight is 503 g/mol. The first-order chi connectivity index (χ1) is 15.9. The van der Waals surface area contributed by atoms with Gasteiger partial charge in [0.25, 0.3) is 0 Å². The predicted octanol–water partition coefficient (Wildman–Crippen LogP) is 4.41. The summed E-state index contributed by atoms with van der Waals surface area (Å²) in [7, 11) is -1.37. The SMILES string of the molecule is CC[C@]1(c2cccc(NS(=O)(=O)C3CC3)c2)[C@@H]2CN(CC3(OC)Cc4ccccc4C3)C[C@@H]21.Cl. The van der Waals surface area contributed by atoms with Crippen LogP contribution < -0.4 is 4.72 Å². The number of sulfonamides is 1. The van der Waals surface area contributed by atoms with Crippen molar-refractivity contribution in [3.63, 3.8) is 0 Å². The Bertz CT molecular complexity index is 1140. The van der Waals surface area contributed by atoms with E-state index in [4.69, 9.17) is 4.74 Å². The molecule has 0 radical (unpaired) electrons. The molecule has 3 fully saturated rings. The number of methoxy groups -OCH3 is 1. The highest BCUT2D eigenvalue weighted by Crippen LogP contribution is 2.65. The molecule has 34 heavy (non-hydrogen) atoms. The molecule has 2 saturated carbocycles. The van der Waals surface area contributed by atoms with E-state index in [1.165, 1.54) is 16.7 Å². The van der Waals surface area contributed by atoms with Crippen molar-refractivity contribution in [2.45, 2.75) is 55.3 Å². The van der Waals surface area contributed by atoms with Crippen LogP contribution in [0, 0.1) is 11.8 Å². The number of anilines is 1. The molecule has 1 saturated heterocycles. The van der Waals surface area contributed by atoms with Crippen molar-refractivity contribution in [3.05, 3.63) is 65.2 Å². The monoisotopic (exact) mass is 502 g/mol. The molecule has 2 aromatic carbocycles. The lowest BCUT2D eigenvalue weighted by atomic mass is 9.87. The maximum atomic E-state index is 12.4. The second kappa shape index (κ2) is 8.51. The third-order valence-electron chi connectivity index (χ3n) is 8.91. The van der Waals surface area contributed by atoms with Crippen LogP contribution >= 0.6 is 12.4 Å². The van der Waals surface area contributed by atoms with Crippen molar-refractivity contribution < 1.29 is 13.2 Å². The van der Waals surface area contributed by atoms with Gasteiger partial charge in [0.1, 0.15) is 0 Å². The molecule has 1 heterocycles. The average Bonchev–Trinajstić information content (AvgIpc) is 3.68. The number of piperidine rings is 1. The molecule has 0 aromatic heterocycles. The highest BCUT2D eigenvalue weighted by molar-refractivity contribution is 7.93. The summed E-state index contributed by atoms with van der Waals surface area (Å²) in [6.07, 6.45) is 4.64. The zero-order valence-corrected chi connectivity index (χ0v) is 21.6. The number of fused-ring (bicyclic) bond motifs is 2. The van der Waals surface area contributed by atoms with Gasteiger partial charge < -0.3 is 4.74 Å². The Labute approximate surface area is 209 Å². The fourth-order valence-corrected chi connectivity index (χ4v) is 8.37. The van der Waals surface area contributed by atoms with Crippen molar-refractivity contribution >= 4 is 28.1 Å². The molecule has 6 rings (SSSR count). The molecule has 1 N–H and O–H groups in total. The molecule has 0 unspecified atom stereocenters. The van der Waals surface area contributed by atoms with Gasteiger partial charge in [-0.1, -0.05) is 43.3 Å². The minimum Gasteiger partial charge on any atom is -0.376 e. The maximum Gasteiger partial charge on any atom is 0.235 e. The van der Waals surface area contributed by atoms with E-state index in [-0.39, 0.29) is 28.7 Å². The Morgan fingerprint density at radius 2 is 1.68 bits per heavy atom. The topological polar surface area (TPSA) is 58.6 Å². The third-order valence-corrected chi connectivity index (χ3v) is 10.8. The molecule has 0 amide bonds. The van der Waals surface area contributed by atoms with Crippen LogP contribution in [0.2, 0.25) is 0 Å². The number of nitrogens with one attached hydrogen (secondary N) is 1. The summed E-state index contributed by atoms with van der Waals surface area (Å²) in [5.41, 5.74) is 4.93. The van der Waals surface area contributed by atoms with Crippen LogP contribution in [0.25, 0.3) is 0 Å². The minimum atomic E-state index is -3.23. The van der Waals surface area contributed by atoms with Gasteiger partial charge in [-0.2, -0.15) is 0 Å². The van der Waals surface area contributed by atoms with Crippen LogP contribution in [0.15, 0.2) is 48.5 Å². The summed E-state index contributed by atoms with van der Waals surface area (Å²) in [5.74, 6) is 1.27. The third kappa shape index (κ3) is 3.87. The summed E-state index contributed by atoms with van der Waals surface area (Å²) in [5, 5.41) is -0.204. The number of likely N-dealkylation sites (tertiary alicyclic amines) is 1. The highest BCUT2D eigenvalue weighted by atomic mass is 35.5. The standard InChI is InChI=1S/C27H34N2O3S.ClH/c1-3-27(21-9-6-10-22(13-21)28-33(30,31)23-11-12-23)24-16-29(17-25(24)27)18-26(32-2)14-19-7-4-5-8-20(19)15-26;/h4-10,13,23-25,28H,3,11-12,14-18H2,1-2H3;1H/t24-,25+,27+;. The van der Waals surface area contributed by atoms with E-state index < -0.39 is 10.0 Å². The summed E-state index contributed by atoms with van der Waals surface area (Å²) in [6.45, 7) is 5.45. The molecule has 184 valence electrons. The predicted molar refractivity (Wildman–Crippen MR) is 138 cm³/mol. The van der Waals surface area contributed by atoms with Crippen LogP contribution in [0.4, 0.5) is 5.69 Å². The number of rotatable bonds is 8. The second-order valence-electron chi connectivity index (χ2n) is 10.7. The van der Waals surface area contributed by atoms with Crippen LogP contribution in [0.1, 0.15) is 42.9 Å². The Balaban J connectivity index is 0.00000241. The highest BCUT2D eigenvalue weighted by Gasteiger charge is 2.67. The van der Waals surface area contributed by atoms with Gasteiger partial charge in [-0.15, -0.1) is 12.4 Å². The van der Waals surface area contributed by atoms with Crippen LogP contribution in [0.3, 0.4) is 0 Å². The number of hydrogen-bond acceptors (Lipinski definition) is 4. The van der Waals surface area contributed by atoms with E-state index in [2.05, 4.69) is 52.9 Å². The first-order valence-electron chi connectivity index (χ1n) is 12.4. The van der Waals surface area contributed by atoms with Gasteiger partial charge in [-0.05, 0) is 59.9 Å². The Morgan fingerprint density at radius 3 is 2.24 bits per heavy atom. The van der Waals surface area contributed by atoms with Crippen LogP contribution in [-0.4, -0.2) is 50.9 Å². The lowest BCUT2D eigenvalue weighted by molar-refractivity contribution is -0.0276. The van der Waals surface area contributed by atoms with Gasteiger partial charge in [-0.3, -0.25) is 9.62 Å². The van der Waals surface area contributed by atoms with E-state index in [0.717, 1.165) is 57.4 Å². The first kappa shape index (κ1) is 24.1. The zero-order chi connectivity index (χ0) is 22.8. The number of halogens is 1. The van der Waals surface area contributed by atoms with Crippen molar-refractivity contribution in [1.29, 1.82) is 0 Å². The minimum absolute atomic E-state index is 0. The summed E-state index contributed by atoms with van der Waals surface area (Å²) < 4.78 is 33.8. The van der Waals surface area contributed by atoms with Gasteiger partial charge in [0.05, 0.1) is 10.9 Å². The molecule has 4 aliphatic rings. The van der Waals surface area contributed by atoms with Crippen LogP contribution in [-0.2, 0) is 33.0 Å². The van der Waals surface area contributed by atoms with Gasteiger partial charge in [-0.25, -0.2) is 8.42 Å². The Kier molecular flexibility index (Phi) is 6.03. The molecular formula is C27H35ClN2O3S. The van der Waals surface area contributed by atoms with E-state index in [1.807, 2.05) is 19.2 Å². The lowest BCUT2D eigenvalue weighted by Gasteiger charge is -2.35. The molecule has 7 heteroatoms. The molecular weight excluding hydrogens is 468 g/mol. The van der Waals surface area contributed by atoms with Gasteiger partial charge in [0, 0.05) is 50.7 Å². The fraction of sp³-hybridized carbons (Fsp3) is 0.556. The fourth-order valence-electron chi connectivity index (χ4n) is 6.99. The zero-order valence-electron chi connectivity index (χ0n) is 20.0. The Hall–Kier alpha value is -1.60. The largest absolute Gasteiger partial charge is 0.376 e. The molecule has 3 atom stereocenters. The smallest absolute Gasteiger partial charge is 0.235 e. The summed E-state index contributed by atoms with van der Waals surface area (Å²) in [6, 6.07) is 16.9. The Morgan fingerprint density at radius 1 is 1.03 bits per heavy atom. The lowest BCUT2D eigenvalue weighted by Crippen LogP contribution is -2.46. The summed E-state index contributed by atoms with van der Waals surface area (Å²) in [4.78, 5) is 2.61. The van der Waals surface area contributed by atoms with Crippen molar-refractivity contribution in [2.24, 2.45) is 11.8 Å². The first-order valence-corrected chi connectivity index (χ1v) is 13.9. The molecule has 0 spiro atoms. The summed E-state index contributed by atoms with van der Waals surface area (Å²) >= 11 is 0. The van der Waals surface area contributed by atoms with E-state index in [1.54, 1.807) is 0 Å². The van der Waals surface area contributed by atoms with Crippen molar-refractivity contribution in [3.8, 4) is 0 Å². The maximum absolute atomic E-state index is 12.4. The second-order valence-corrected chi connectivity index (χ2v) is 12.7. The molecule has 0 bridgehead atoms. The van der Waals surface area contributed by atoms with Gasteiger partial charge in [0.15, 0.2) is 0 Å². The van der Waals surface area contributed by atoms with E-state index in [9.17, 15) is 8.42 Å². The number of benzene rings is 2. The number of nitrogens with zero attached hydrogens (tertiary/aromatic N) is 1. The van der Waals surface area contributed by atoms with E-state index in [0.29, 0.717) is 11.8 Å². The normalized spacial score (nSPS) is 29.2. The molecule has 1 aliphatic heterocycles. The number of hydrogen-bond donors (Lipinski definition) is 1. The van der Waals surface area contributed by atoms with Crippen molar-refractivity contribution in [1.82, 2.24) is 4.90 Å². The van der Waals surface area contributed by atoms with Gasteiger partial charge >= 0.3 is 0 Å². The van der Waals surface area contributed by atoms with Gasteiger partial charge in [0.2, 0.25) is 10.0 Å². The van der Waals surface area contributed by atoms with Crippen LogP contribution in [0.5, 0.6) is 0 Å². The molecule has 2 aromatic rings. The molecule has 3 aliphatic carbocycles. The quantitative estimate of drug-likeness (QED) is 0.581. The number of ether oxygens (including phenoxy) is 1.